The molecule has 21 heavy (non-hydrogen) atoms. The molecule has 0 aliphatic rings. The molecule has 0 aliphatic carbocycles. The van der Waals surface area contributed by atoms with Crippen LogP contribution in [0.5, 0.6) is 0 Å². The zero-order valence-electron chi connectivity index (χ0n) is 12.1. The Kier molecular flexibility index (Phi) is 4.52. The number of carbonyl (C=O) groups is 1. The van der Waals surface area contributed by atoms with Crippen LogP contribution in [0, 0.1) is 6.92 Å². The predicted octanol–water partition coefficient (Wildman–Crippen LogP) is 2.74. The van der Waals surface area contributed by atoms with Crippen molar-refractivity contribution in [1.82, 2.24) is 9.78 Å². The zero-order valence-corrected chi connectivity index (χ0v) is 13.7. The number of methoxy groups -OCH3 is 1. The van der Waals surface area contributed by atoms with Crippen LogP contribution in [-0.2, 0) is 4.74 Å². The van der Waals surface area contributed by atoms with Crippen LogP contribution in [0.3, 0.4) is 0 Å². The Morgan fingerprint density at radius 2 is 2.24 bits per heavy atom. The molecule has 0 spiro atoms. The van der Waals surface area contributed by atoms with Gasteiger partial charge >= 0.3 is 5.97 Å². The third kappa shape index (κ3) is 2.87. The van der Waals surface area contributed by atoms with Gasteiger partial charge in [-0.3, -0.25) is 0 Å². The van der Waals surface area contributed by atoms with Crippen molar-refractivity contribution in [2.24, 2.45) is 0 Å². The van der Waals surface area contributed by atoms with Gasteiger partial charge in [-0.25, -0.2) is 9.48 Å². The van der Waals surface area contributed by atoms with E-state index in [-0.39, 0.29) is 11.4 Å². The summed E-state index contributed by atoms with van der Waals surface area (Å²) in [6, 6.07) is 5.74. The molecule has 0 bridgehead atoms. The van der Waals surface area contributed by atoms with E-state index in [1.807, 2.05) is 32.0 Å². The van der Waals surface area contributed by atoms with Gasteiger partial charge in [0.2, 0.25) is 0 Å². The summed E-state index contributed by atoms with van der Waals surface area (Å²) in [5, 5.41) is 7.42. The average molecular weight is 353 g/mol. The summed E-state index contributed by atoms with van der Waals surface area (Å²) in [6.07, 6.45) is 0. The highest BCUT2D eigenvalue weighted by molar-refractivity contribution is 9.10. The lowest BCUT2D eigenvalue weighted by molar-refractivity contribution is 0.0603. The van der Waals surface area contributed by atoms with E-state index < -0.39 is 5.97 Å². The molecule has 0 atom stereocenters. The molecule has 2 rings (SSSR count). The van der Waals surface area contributed by atoms with Gasteiger partial charge in [-0.05, 0) is 37.6 Å². The van der Waals surface area contributed by atoms with Gasteiger partial charge in [-0.2, -0.15) is 0 Å². The molecule has 1 aromatic carbocycles. The number of aryl methyl sites for hydroxylation is 1. The molecule has 2 aromatic rings. The van der Waals surface area contributed by atoms with Crippen LogP contribution < -0.4 is 11.1 Å². The summed E-state index contributed by atoms with van der Waals surface area (Å²) in [6.45, 7) is 4.49. The molecular formula is C14H17BrN4O2. The molecule has 112 valence electrons. The van der Waals surface area contributed by atoms with Crippen LogP contribution in [0.25, 0.3) is 5.69 Å². The summed E-state index contributed by atoms with van der Waals surface area (Å²) >= 11 is 3.42. The molecule has 0 saturated heterocycles. The van der Waals surface area contributed by atoms with Gasteiger partial charge in [0.15, 0.2) is 5.82 Å². The average Bonchev–Trinajstić information content (AvgIpc) is 2.75. The first-order valence-electron chi connectivity index (χ1n) is 6.46. The quantitative estimate of drug-likeness (QED) is 0.826. The van der Waals surface area contributed by atoms with Crippen molar-refractivity contribution in [3.63, 3.8) is 0 Å². The number of nitrogens with one attached hydrogen (secondary N) is 1. The van der Waals surface area contributed by atoms with E-state index in [1.165, 1.54) is 7.11 Å². The van der Waals surface area contributed by atoms with Gasteiger partial charge in [-0.1, -0.05) is 15.9 Å². The summed E-state index contributed by atoms with van der Waals surface area (Å²) in [5.41, 5.74) is 8.14. The van der Waals surface area contributed by atoms with Crippen molar-refractivity contribution >= 4 is 33.5 Å². The molecule has 3 N–H and O–H groups in total. The number of hydrogen-bond donors (Lipinski definition) is 2. The fourth-order valence-electron chi connectivity index (χ4n) is 2.07. The number of anilines is 2. The predicted molar refractivity (Wildman–Crippen MR) is 85.9 cm³/mol. The lowest BCUT2D eigenvalue weighted by Gasteiger charge is -2.08. The van der Waals surface area contributed by atoms with Gasteiger partial charge in [-0.15, -0.1) is 5.10 Å². The summed E-state index contributed by atoms with van der Waals surface area (Å²) in [4.78, 5) is 11.9. The summed E-state index contributed by atoms with van der Waals surface area (Å²) < 4.78 is 7.30. The Hall–Kier alpha value is -2.02. The second kappa shape index (κ2) is 6.17. The van der Waals surface area contributed by atoms with E-state index in [4.69, 9.17) is 10.5 Å². The highest BCUT2D eigenvalue weighted by Gasteiger charge is 2.23. The van der Waals surface area contributed by atoms with E-state index in [0.29, 0.717) is 12.4 Å². The maximum atomic E-state index is 11.9. The minimum Gasteiger partial charge on any atom is -0.465 e. The Balaban J connectivity index is 2.62. The SMILES string of the molecule is CCNc1nn(-c2ccc(Br)cc2C)c(N)c1C(=O)OC. The smallest absolute Gasteiger partial charge is 0.345 e. The second-order valence-electron chi connectivity index (χ2n) is 4.47. The molecule has 0 unspecified atom stereocenters. The summed E-state index contributed by atoms with van der Waals surface area (Å²) in [7, 11) is 1.32. The standard InChI is InChI=1S/C14H17BrN4O2/c1-4-17-13-11(14(20)21-3)12(16)19(18-13)10-6-5-9(15)7-8(10)2/h5-7H,4,16H2,1-3H3,(H,17,18). The number of ether oxygens (including phenoxy) is 1. The van der Waals surface area contributed by atoms with Crippen molar-refractivity contribution in [3.8, 4) is 5.69 Å². The number of esters is 1. The first kappa shape index (κ1) is 15.4. The van der Waals surface area contributed by atoms with Crippen LogP contribution >= 0.6 is 15.9 Å². The maximum Gasteiger partial charge on any atom is 0.345 e. The number of nitrogens with two attached hydrogens (primary N) is 1. The largest absolute Gasteiger partial charge is 0.465 e. The van der Waals surface area contributed by atoms with Gasteiger partial charge in [0, 0.05) is 11.0 Å². The van der Waals surface area contributed by atoms with Crippen LogP contribution in [0.15, 0.2) is 22.7 Å². The molecule has 0 aliphatic heterocycles. The van der Waals surface area contributed by atoms with Crippen molar-refractivity contribution in [2.75, 3.05) is 24.7 Å². The number of nitrogens with zero attached hydrogens (tertiary/aromatic N) is 2. The first-order chi connectivity index (χ1) is 9.99. The first-order valence-corrected chi connectivity index (χ1v) is 7.26. The van der Waals surface area contributed by atoms with Crippen molar-refractivity contribution < 1.29 is 9.53 Å². The van der Waals surface area contributed by atoms with E-state index in [0.717, 1.165) is 15.7 Å². The Morgan fingerprint density at radius 1 is 1.52 bits per heavy atom. The normalized spacial score (nSPS) is 10.5. The highest BCUT2D eigenvalue weighted by atomic mass is 79.9. The molecule has 6 nitrogen and oxygen atoms in total. The fraction of sp³-hybridized carbons (Fsp3) is 0.286. The molecular weight excluding hydrogens is 336 g/mol. The Labute approximate surface area is 131 Å². The molecule has 7 heteroatoms. The van der Waals surface area contributed by atoms with Crippen LogP contribution in [0.1, 0.15) is 22.8 Å². The van der Waals surface area contributed by atoms with E-state index in [2.05, 4.69) is 26.3 Å². The number of rotatable bonds is 4. The highest BCUT2D eigenvalue weighted by Crippen LogP contribution is 2.28. The Bertz CT molecular complexity index is 682. The third-order valence-corrected chi connectivity index (χ3v) is 3.54. The van der Waals surface area contributed by atoms with Crippen molar-refractivity contribution in [3.05, 3.63) is 33.8 Å². The molecule has 1 aromatic heterocycles. The third-order valence-electron chi connectivity index (χ3n) is 3.04. The van der Waals surface area contributed by atoms with Gasteiger partial charge in [0.1, 0.15) is 11.4 Å². The second-order valence-corrected chi connectivity index (χ2v) is 5.39. The van der Waals surface area contributed by atoms with Gasteiger partial charge < -0.3 is 15.8 Å². The monoisotopic (exact) mass is 352 g/mol. The number of carbonyl (C=O) groups excluding carboxylic acids is 1. The molecule has 0 amide bonds. The van der Waals surface area contributed by atoms with Crippen LogP contribution in [0.2, 0.25) is 0 Å². The van der Waals surface area contributed by atoms with E-state index in [9.17, 15) is 4.79 Å². The number of nitrogen functional groups attached to an aromatic ring is 1. The number of halogens is 1. The maximum absolute atomic E-state index is 11.9. The van der Waals surface area contributed by atoms with Crippen LogP contribution in [-0.4, -0.2) is 29.4 Å². The topological polar surface area (TPSA) is 82.2 Å². The van der Waals surface area contributed by atoms with Crippen molar-refractivity contribution in [2.45, 2.75) is 13.8 Å². The summed E-state index contributed by atoms with van der Waals surface area (Å²) in [5.74, 6) is 0.164. The van der Waals surface area contributed by atoms with E-state index in [1.54, 1.807) is 4.68 Å². The van der Waals surface area contributed by atoms with Crippen molar-refractivity contribution in [1.29, 1.82) is 0 Å². The van der Waals surface area contributed by atoms with Crippen LogP contribution in [0.4, 0.5) is 11.6 Å². The zero-order chi connectivity index (χ0) is 15.6. The minimum absolute atomic E-state index is 0.252. The Morgan fingerprint density at radius 3 is 2.81 bits per heavy atom. The molecule has 0 radical (unpaired) electrons. The van der Waals surface area contributed by atoms with E-state index >= 15 is 0 Å². The van der Waals surface area contributed by atoms with Gasteiger partial charge in [0.05, 0.1) is 12.8 Å². The lowest BCUT2D eigenvalue weighted by atomic mass is 10.2. The van der Waals surface area contributed by atoms with Gasteiger partial charge in [0.25, 0.3) is 0 Å². The number of benzene rings is 1. The number of aromatic nitrogens is 2. The molecule has 0 saturated carbocycles. The number of hydrogen-bond acceptors (Lipinski definition) is 5. The molecule has 1 heterocycles. The lowest BCUT2D eigenvalue weighted by Crippen LogP contribution is -2.09. The molecule has 0 fully saturated rings. The fourth-order valence-corrected chi connectivity index (χ4v) is 2.54. The minimum atomic E-state index is -0.510.